The van der Waals surface area contributed by atoms with E-state index in [2.05, 4.69) is 15.0 Å². The minimum absolute atomic E-state index is 0.100. The number of thiazole rings is 1. The van der Waals surface area contributed by atoms with E-state index >= 15 is 0 Å². The van der Waals surface area contributed by atoms with Gasteiger partial charge in [-0.3, -0.25) is 0 Å². The number of nitrogens with zero attached hydrogens (tertiary/aromatic N) is 1. The fourth-order valence-electron chi connectivity index (χ4n) is 1.58. The molecule has 0 unspecified atom stereocenters. The Morgan fingerprint density at radius 3 is 2.37 bits per heavy atom. The average molecular weight is 296 g/mol. The molecule has 0 aliphatic carbocycles. The molecule has 0 aliphatic rings. The minimum Gasteiger partial charge on any atom is -0.365 e. The average Bonchev–Trinajstić information content (AvgIpc) is 2.59. The number of hydrogen-bond donors (Lipinski definition) is 1. The molecular weight excluding hydrogens is 277 g/mol. The van der Waals surface area contributed by atoms with Crippen LogP contribution >= 0.6 is 11.3 Å². The van der Waals surface area contributed by atoms with E-state index < -0.39 is 12.8 Å². The standard InChI is InChI=1S/C12H19F3N2OS/c1-11(2,3)10-8(5-16-4)19-9(17-10)6-18-7-12(13,14)15/h16H,5-7H2,1-4H3. The molecule has 19 heavy (non-hydrogen) atoms. The first kappa shape index (κ1) is 16.4. The fraction of sp³-hybridized carbons (Fsp3) is 0.750. The van der Waals surface area contributed by atoms with Gasteiger partial charge in [0.25, 0.3) is 0 Å². The second kappa shape index (κ2) is 6.19. The molecule has 1 aromatic heterocycles. The quantitative estimate of drug-likeness (QED) is 0.906. The summed E-state index contributed by atoms with van der Waals surface area (Å²) in [4.78, 5) is 5.45. The number of nitrogens with one attached hydrogen (secondary N) is 1. The van der Waals surface area contributed by atoms with Crippen LogP contribution in [0.15, 0.2) is 0 Å². The maximum absolute atomic E-state index is 12.0. The van der Waals surface area contributed by atoms with E-state index in [4.69, 9.17) is 0 Å². The number of aromatic nitrogens is 1. The Hall–Kier alpha value is -0.660. The smallest absolute Gasteiger partial charge is 0.365 e. The van der Waals surface area contributed by atoms with E-state index in [9.17, 15) is 13.2 Å². The molecule has 0 saturated carbocycles. The Morgan fingerprint density at radius 2 is 1.89 bits per heavy atom. The molecule has 1 heterocycles. The Morgan fingerprint density at radius 1 is 1.26 bits per heavy atom. The predicted molar refractivity (Wildman–Crippen MR) is 69.3 cm³/mol. The van der Waals surface area contributed by atoms with Crippen LogP contribution < -0.4 is 5.32 Å². The summed E-state index contributed by atoms with van der Waals surface area (Å²) in [5.74, 6) is 0. The van der Waals surface area contributed by atoms with E-state index in [-0.39, 0.29) is 12.0 Å². The lowest BCUT2D eigenvalue weighted by molar-refractivity contribution is -0.176. The zero-order chi connectivity index (χ0) is 14.7. The molecule has 0 amide bonds. The molecule has 0 spiro atoms. The van der Waals surface area contributed by atoms with Gasteiger partial charge < -0.3 is 10.1 Å². The SMILES string of the molecule is CNCc1sc(COCC(F)(F)F)nc1C(C)(C)C. The normalized spacial score (nSPS) is 13.0. The third-order valence-corrected chi connectivity index (χ3v) is 3.31. The molecule has 0 saturated heterocycles. The largest absolute Gasteiger partial charge is 0.411 e. The summed E-state index contributed by atoms with van der Waals surface area (Å²) in [7, 11) is 1.83. The van der Waals surface area contributed by atoms with Crippen molar-refractivity contribution < 1.29 is 17.9 Å². The lowest BCUT2D eigenvalue weighted by atomic mass is 9.91. The first-order chi connectivity index (χ1) is 8.63. The number of alkyl halides is 3. The molecule has 0 aromatic carbocycles. The van der Waals surface area contributed by atoms with Gasteiger partial charge in [-0.05, 0) is 7.05 Å². The lowest BCUT2D eigenvalue weighted by Gasteiger charge is -2.17. The van der Waals surface area contributed by atoms with Crippen molar-refractivity contribution in [3.8, 4) is 0 Å². The molecule has 0 bridgehead atoms. The van der Waals surface area contributed by atoms with Gasteiger partial charge in [0, 0.05) is 16.8 Å². The molecule has 1 rings (SSSR count). The van der Waals surface area contributed by atoms with Crippen molar-refractivity contribution in [2.24, 2.45) is 0 Å². The third-order valence-electron chi connectivity index (χ3n) is 2.28. The summed E-state index contributed by atoms with van der Waals surface area (Å²) in [6.45, 7) is 5.41. The van der Waals surface area contributed by atoms with Crippen LogP contribution in [0.3, 0.4) is 0 Å². The highest BCUT2D eigenvalue weighted by Gasteiger charge is 2.28. The number of ether oxygens (including phenoxy) is 1. The van der Waals surface area contributed by atoms with Crippen molar-refractivity contribution in [3.05, 3.63) is 15.6 Å². The van der Waals surface area contributed by atoms with Crippen LogP contribution in [-0.2, 0) is 23.3 Å². The lowest BCUT2D eigenvalue weighted by Crippen LogP contribution is -2.17. The van der Waals surface area contributed by atoms with Gasteiger partial charge in [0.2, 0.25) is 0 Å². The van der Waals surface area contributed by atoms with Gasteiger partial charge >= 0.3 is 6.18 Å². The highest BCUT2D eigenvalue weighted by Crippen LogP contribution is 2.30. The van der Waals surface area contributed by atoms with Gasteiger partial charge in [-0.25, -0.2) is 4.98 Å². The molecule has 1 N–H and O–H groups in total. The summed E-state index contributed by atoms with van der Waals surface area (Å²) in [5.41, 5.74) is 0.780. The van der Waals surface area contributed by atoms with Gasteiger partial charge in [-0.15, -0.1) is 11.3 Å². The molecule has 0 aliphatic heterocycles. The fourth-order valence-corrected chi connectivity index (χ4v) is 2.81. The van der Waals surface area contributed by atoms with Crippen LogP contribution in [0.25, 0.3) is 0 Å². The number of halogens is 3. The van der Waals surface area contributed by atoms with Crippen LogP contribution in [0.4, 0.5) is 13.2 Å². The van der Waals surface area contributed by atoms with E-state index in [0.717, 1.165) is 10.6 Å². The van der Waals surface area contributed by atoms with Crippen LogP contribution in [0.2, 0.25) is 0 Å². The van der Waals surface area contributed by atoms with Gasteiger partial charge in [-0.1, -0.05) is 20.8 Å². The Bertz CT molecular complexity index is 410. The van der Waals surface area contributed by atoms with Crippen molar-refractivity contribution >= 4 is 11.3 Å². The molecule has 1 aromatic rings. The Labute approximate surface area is 115 Å². The van der Waals surface area contributed by atoms with Crippen molar-refractivity contribution in [1.82, 2.24) is 10.3 Å². The second-order valence-electron chi connectivity index (χ2n) is 5.27. The number of rotatable bonds is 5. The summed E-state index contributed by atoms with van der Waals surface area (Å²) in [6.07, 6.45) is -4.29. The molecule has 0 radical (unpaired) electrons. The van der Waals surface area contributed by atoms with E-state index in [0.29, 0.717) is 11.6 Å². The van der Waals surface area contributed by atoms with Crippen molar-refractivity contribution in [2.45, 2.75) is 45.5 Å². The van der Waals surface area contributed by atoms with Gasteiger partial charge in [0.15, 0.2) is 0 Å². The molecule has 110 valence electrons. The van der Waals surface area contributed by atoms with Crippen LogP contribution in [0.1, 0.15) is 36.3 Å². The highest BCUT2D eigenvalue weighted by molar-refractivity contribution is 7.11. The maximum atomic E-state index is 12.0. The molecule has 7 heteroatoms. The molecule has 3 nitrogen and oxygen atoms in total. The van der Waals surface area contributed by atoms with Crippen LogP contribution in [-0.4, -0.2) is 24.8 Å². The number of hydrogen-bond acceptors (Lipinski definition) is 4. The zero-order valence-electron chi connectivity index (χ0n) is 11.5. The summed E-state index contributed by atoms with van der Waals surface area (Å²) in [6, 6.07) is 0. The first-order valence-electron chi connectivity index (χ1n) is 5.91. The molecule has 0 fully saturated rings. The first-order valence-corrected chi connectivity index (χ1v) is 6.73. The van der Waals surface area contributed by atoms with Gasteiger partial charge in [0.1, 0.15) is 11.6 Å². The Balaban J connectivity index is 2.75. The minimum atomic E-state index is -4.29. The van der Waals surface area contributed by atoms with E-state index in [1.165, 1.54) is 11.3 Å². The van der Waals surface area contributed by atoms with Crippen LogP contribution in [0.5, 0.6) is 0 Å². The summed E-state index contributed by atoms with van der Waals surface area (Å²) >= 11 is 1.40. The predicted octanol–water partition coefficient (Wildman–Crippen LogP) is 3.24. The highest BCUT2D eigenvalue weighted by atomic mass is 32.1. The molecule has 0 atom stereocenters. The third kappa shape index (κ3) is 5.46. The van der Waals surface area contributed by atoms with Crippen molar-refractivity contribution in [2.75, 3.05) is 13.7 Å². The van der Waals surface area contributed by atoms with Crippen molar-refractivity contribution in [1.29, 1.82) is 0 Å². The van der Waals surface area contributed by atoms with E-state index in [1.807, 2.05) is 27.8 Å². The second-order valence-corrected chi connectivity index (χ2v) is 6.44. The Kier molecular flexibility index (Phi) is 5.34. The topological polar surface area (TPSA) is 34.1 Å². The zero-order valence-corrected chi connectivity index (χ0v) is 12.3. The van der Waals surface area contributed by atoms with Gasteiger partial charge in [-0.2, -0.15) is 13.2 Å². The van der Waals surface area contributed by atoms with Gasteiger partial charge in [0.05, 0.1) is 12.3 Å². The van der Waals surface area contributed by atoms with Crippen LogP contribution in [0, 0.1) is 0 Å². The summed E-state index contributed by atoms with van der Waals surface area (Å²) in [5, 5.41) is 3.62. The van der Waals surface area contributed by atoms with Crippen molar-refractivity contribution in [3.63, 3.8) is 0 Å². The maximum Gasteiger partial charge on any atom is 0.411 e. The monoisotopic (exact) mass is 296 g/mol. The molecular formula is C12H19F3N2OS. The van der Waals surface area contributed by atoms with E-state index in [1.54, 1.807) is 0 Å². The summed E-state index contributed by atoms with van der Waals surface area (Å²) < 4.78 is 40.6.